The number of nitrogen functional groups attached to an aromatic ring is 1. The molecule has 0 radical (unpaired) electrons. The summed E-state index contributed by atoms with van der Waals surface area (Å²) >= 11 is 0. The first-order chi connectivity index (χ1) is 12.4. The number of rotatable bonds is 9. The van der Waals surface area contributed by atoms with Gasteiger partial charge in [0.1, 0.15) is 0 Å². The van der Waals surface area contributed by atoms with Gasteiger partial charge in [-0.25, -0.2) is 8.42 Å². The minimum Gasteiger partial charge on any atom is -0.465 e. The Labute approximate surface area is 153 Å². The lowest BCUT2D eigenvalue weighted by atomic mass is 10.2. The average Bonchev–Trinajstić information content (AvgIpc) is 2.62. The maximum atomic E-state index is 12.8. The van der Waals surface area contributed by atoms with Crippen LogP contribution in [0.3, 0.4) is 0 Å². The molecule has 0 spiro atoms. The first-order valence-corrected chi connectivity index (χ1v) is 9.87. The quantitative estimate of drug-likeness (QED) is 0.410. The van der Waals surface area contributed by atoms with Crippen LogP contribution in [0.4, 0.5) is 5.69 Å². The molecule has 0 saturated carbocycles. The zero-order chi connectivity index (χ0) is 19.0. The fourth-order valence-electron chi connectivity index (χ4n) is 2.41. The van der Waals surface area contributed by atoms with Gasteiger partial charge in [-0.1, -0.05) is 30.3 Å². The number of hydrogen-bond acceptors (Lipinski definition) is 6. The standard InChI is InChI=1S/C19H23NO5S/c1-2-25-19(21)18(12-13-24-14-15-6-4-3-5-7-15)26(22,23)17-10-8-16(20)9-11-17/h3-11,18H,2,12-14,20H2,1H3. The Balaban J connectivity index is 2.07. The number of esters is 1. The van der Waals surface area contributed by atoms with Gasteiger partial charge in [0, 0.05) is 12.3 Å². The minimum absolute atomic E-state index is 0.0123. The van der Waals surface area contributed by atoms with Gasteiger partial charge in [0.25, 0.3) is 0 Å². The number of anilines is 1. The SMILES string of the molecule is CCOC(=O)C(CCOCc1ccccc1)S(=O)(=O)c1ccc(N)cc1. The molecule has 0 aliphatic heterocycles. The van der Waals surface area contributed by atoms with E-state index in [-0.39, 0.29) is 24.5 Å². The number of ether oxygens (including phenoxy) is 2. The number of benzene rings is 2. The zero-order valence-electron chi connectivity index (χ0n) is 14.6. The molecule has 0 bridgehead atoms. The molecular formula is C19H23NO5S. The van der Waals surface area contributed by atoms with Crippen molar-refractivity contribution in [3.63, 3.8) is 0 Å². The van der Waals surface area contributed by atoms with Crippen LogP contribution in [0, 0.1) is 0 Å². The van der Waals surface area contributed by atoms with E-state index < -0.39 is 21.1 Å². The molecule has 6 nitrogen and oxygen atoms in total. The number of hydrogen-bond donors (Lipinski definition) is 1. The lowest BCUT2D eigenvalue weighted by Gasteiger charge is -2.16. The summed E-state index contributed by atoms with van der Waals surface area (Å²) in [5.41, 5.74) is 7.02. The molecule has 7 heteroatoms. The Morgan fingerprint density at radius 3 is 2.35 bits per heavy atom. The van der Waals surface area contributed by atoms with Gasteiger partial charge < -0.3 is 15.2 Å². The zero-order valence-corrected chi connectivity index (χ0v) is 15.4. The summed E-state index contributed by atoms with van der Waals surface area (Å²) in [6.45, 7) is 2.21. The van der Waals surface area contributed by atoms with E-state index in [4.69, 9.17) is 15.2 Å². The lowest BCUT2D eigenvalue weighted by Crippen LogP contribution is -2.33. The normalized spacial score (nSPS) is 12.5. The predicted octanol–water partition coefficient (Wildman–Crippen LogP) is 2.58. The number of carbonyl (C=O) groups is 1. The molecule has 0 aliphatic carbocycles. The Morgan fingerprint density at radius 2 is 1.73 bits per heavy atom. The van der Waals surface area contributed by atoms with Gasteiger partial charge in [0.05, 0.1) is 18.1 Å². The Bertz CT molecular complexity index is 804. The summed E-state index contributed by atoms with van der Waals surface area (Å²) in [7, 11) is -3.89. The molecule has 0 aliphatic rings. The molecule has 2 N–H and O–H groups in total. The fraction of sp³-hybridized carbons (Fsp3) is 0.316. The van der Waals surface area contributed by atoms with E-state index in [0.29, 0.717) is 12.3 Å². The molecule has 0 fully saturated rings. The van der Waals surface area contributed by atoms with Crippen LogP contribution in [-0.4, -0.2) is 32.9 Å². The van der Waals surface area contributed by atoms with Crippen molar-refractivity contribution in [3.8, 4) is 0 Å². The van der Waals surface area contributed by atoms with Gasteiger partial charge in [-0.15, -0.1) is 0 Å². The topological polar surface area (TPSA) is 95.7 Å². The number of nitrogens with two attached hydrogens (primary N) is 1. The van der Waals surface area contributed by atoms with Gasteiger partial charge in [-0.2, -0.15) is 0 Å². The molecule has 0 saturated heterocycles. The highest BCUT2D eigenvalue weighted by Crippen LogP contribution is 2.21. The van der Waals surface area contributed by atoms with Crippen molar-refractivity contribution in [2.45, 2.75) is 30.1 Å². The van der Waals surface area contributed by atoms with Crippen molar-refractivity contribution in [1.82, 2.24) is 0 Å². The summed E-state index contributed by atoms with van der Waals surface area (Å²) < 4.78 is 36.1. The van der Waals surface area contributed by atoms with Crippen molar-refractivity contribution in [1.29, 1.82) is 0 Å². The Kier molecular flexibility index (Phi) is 7.17. The molecule has 2 aromatic rings. The third kappa shape index (κ3) is 5.31. The highest BCUT2D eigenvalue weighted by molar-refractivity contribution is 7.92. The second-order valence-corrected chi connectivity index (χ2v) is 7.81. The third-order valence-corrected chi connectivity index (χ3v) is 5.88. The van der Waals surface area contributed by atoms with Crippen LogP contribution in [0.25, 0.3) is 0 Å². The second-order valence-electron chi connectivity index (χ2n) is 5.68. The molecule has 2 aromatic carbocycles. The summed E-state index contributed by atoms with van der Waals surface area (Å²) in [6, 6.07) is 15.3. The molecule has 140 valence electrons. The van der Waals surface area contributed by atoms with Crippen LogP contribution in [0.5, 0.6) is 0 Å². The molecule has 1 unspecified atom stereocenters. The molecular weight excluding hydrogens is 354 g/mol. The largest absolute Gasteiger partial charge is 0.465 e. The molecule has 26 heavy (non-hydrogen) atoms. The fourth-order valence-corrected chi connectivity index (χ4v) is 3.98. The van der Waals surface area contributed by atoms with Crippen LogP contribution in [0.2, 0.25) is 0 Å². The van der Waals surface area contributed by atoms with Crippen LogP contribution in [0.1, 0.15) is 18.9 Å². The smallest absolute Gasteiger partial charge is 0.324 e. The van der Waals surface area contributed by atoms with Crippen molar-refractivity contribution >= 4 is 21.5 Å². The molecule has 0 aromatic heterocycles. The highest BCUT2D eigenvalue weighted by Gasteiger charge is 2.35. The molecule has 0 amide bonds. The van der Waals surface area contributed by atoms with E-state index in [1.807, 2.05) is 30.3 Å². The van der Waals surface area contributed by atoms with E-state index in [2.05, 4.69) is 0 Å². The van der Waals surface area contributed by atoms with E-state index in [1.165, 1.54) is 24.3 Å². The minimum atomic E-state index is -3.89. The van der Waals surface area contributed by atoms with Crippen molar-refractivity contribution in [2.24, 2.45) is 0 Å². The van der Waals surface area contributed by atoms with Gasteiger partial charge in [-0.3, -0.25) is 4.79 Å². The maximum Gasteiger partial charge on any atom is 0.324 e. The van der Waals surface area contributed by atoms with Crippen LogP contribution < -0.4 is 5.73 Å². The summed E-state index contributed by atoms with van der Waals surface area (Å²) in [6.07, 6.45) is 0.0123. The second kappa shape index (κ2) is 9.35. The average molecular weight is 377 g/mol. The van der Waals surface area contributed by atoms with E-state index in [9.17, 15) is 13.2 Å². The molecule has 0 heterocycles. The molecule has 2 rings (SSSR count). The summed E-state index contributed by atoms with van der Waals surface area (Å²) in [5, 5.41) is -1.32. The first kappa shape index (κ1) is 19.9. The van der Waals surface area contributed by atoms with E-state index in [0.717, 1.165) is 5.56 Å². The summed E-state index contributed by atoms with van der Waals surface area (Å²) in [4.78, 5) is 12.2. The van der Waals surface area contributed by atoms with Gasteiger partial charge in [0.2, 0.25) is 0 Å². The lowest BCUT2D eigenvalue weighted by molar-refractivity contribution is -0.143. The monoisotopic (exact) mass is 377 g/mol. The van der Waals surface area contributed by atoms with Crippen molar-refractivity contribution < 1.29 is 22.7 Å². The number of carbonyl (C=O) groups excluding carboxylic acids is 1. The van der Waals surface area contributed by atoms with E-state index in [1.54, 1.807) is 6.92 Å². The van der Waals surface area contributed by atoms with Crippen molar-refractivity contribution in [3.05, 3.63) is 60.2 Å². The third-order valence-electron chi connectivity index (χ3n) is 3.77. The van der Waals surface area contributed by atoms with Gasteiger partial charge in [0.15, 0.2) is 15.1 Å². The van der Waals surface area contributed by atoms with Gasteiger partial charge in [-0.05, 0) is 43.2 Å². The van der Waals surface area contributed by atoms with E-state index >= 15 is 0 Å². The van der Waals surface area contributed by atoms with Crippen LogP contribution in [0.15, 0.2) is 59.5 Å². The maximum absolute atomic E-state index is 12.8. The van der Waals surface area contributed by atoms with Gasteiger partial charge >= 0.3 is 5.97 Å². The van der Waals surface area contributed by atoms with Crippen LogP contribution >= 0.6 is 0 Å². The summed E-state index contributed by atoms with van der Waals surface area (Å²) in [5.74, 6) is -0.771. The van der Waals surface area contributed by atoms with Crippen LogP contribution in [-0.2, 0) is 30.7 Å². The Hall–Kier alpha value is -2.38. The predicted molar refractivity (Wildman–Crippen MR) is 99.2 cm³/mol. The Morgan fingerprint density at radius 1 is 1.08 bits per heavy atom. The molecule has 1 atom stereocenters. The first-order valence-electron chi connectivity index (χ1n) is 8.33. The number of sulfone groups is 1. The van der Waals surface area contributed by atoms with Crippen molar-refractivity contribution in [2.75, 3.05) is 18.9 Å². The highest BCUT2D eigenvalue weighted by atomic mass is 32.2.